The molecule has 0 spiro atoms. The molecule has 0 saturated heterocycles. The Kier molecular flexibility index (Phi) is 7.18. The molecule has 0 aromatic rings. The molecule has 20 heavy (non-hydrogen) atoms. The molecule has 0 bridgehead atoms. The number of hydrogen-bond donors (Lipinski definition) is 3. The van der Waals surface area contributed by atoms with Gasteiger partial charge in [-0.1, -0.05) is 0 Å². The predicted octanol–water partition coefficient (Wildman–Crippen LogP) is -0.849. The van der Waals surface area contributed by atoms with E-state index in [0.717, 1.165) is 6.92 Å². The van der Waals surface area contributed by atoms with Crippen LogP contribution >= 0.6 is 12.6 Å². The number of carboxylic acids is 1. The molecule has 0 rings (SSSR count). The Labute approximate surface area is 124 Å². The van der Waals surface area contributed by atoms with Crippen LogP contribution in [-0.2, 0) is 19.1 Å². The third-order valence-electron chi connectivity index (χ3n) is 2.57. The molecule has 0 aromatic carbocycles. The van der Waals surface area contributed by atoms with Gasteiger partial charge in [0.25, 0.3) is 0 Å². The zero-order chi connectivity index (χ0) is 16.1. The van der Waals surface area contributed by atoms with E-state index < -0.39 is 35.8 Å². The molecule has 0 saturated carbocycles. The van der Waals surface area contributed by atoms with Gasteiger partial charge in [0.1, 0.15) is 18.4 Å². The Hall–Kier alpha value is -1.12. The highest BCUT2D eigenvalue weighted by Gasteiger charge is 2.39. The SMILES string of the molecule is CC(=O)C(C(=O)O)C(C[N+](C)(C)C)OC(=O)[C@@H](N)CS. The summed E-state index contributed by atoms with van der Waals surface area (Å²) in [5, 5.41) is 9.15. The van der Waals surface area contributed by atoms with Crippen LogP contribution in [0.15, 0.2) is 0 Å². The van der Waals surface area contributed by atoms with Crippen molar-refractivity contribution < 1.29 is 28.7 Å². The number of carbonyl (C=O) groups is 3. The highest BCUT2D eigenvalue weighted by molar-refractivity contribution is 7.80. The first-order valence-corrected chi connectivity index (χ1v) is 6.73. The third kappa shape index (κ3) is 6.36. The molecule has 0 amide bonds. The number of carbonyl (C=O) groups excluding carboxylic acids is 2. The summed E-state index contributed by atoms with van der Waals surface area (Å²) in [7, 11) is 5.41. The average Bonchev–Trinajstić information content (AvgIpc) is 2.24. The van der Waals surface area contributed by atoms with Crippen molar-refractivity contribution in [2.45, 2.75) is 19.1 Å². The van der Waals surface area contributed by atoms with E-state index in [4.69, 9.17) is 15.6 Å². The Bertz CT molecular complexity index is 367. The van der Waals surface area contributed by atoms with Gasteiger partial charge in [0.05, 0.1) is 21.1 Å². The molecule has 2 unspecified atom stereocenters. The number of esters is 1. The van der Waals surface area contributed by atoms with E-state index in [1.807, 2.05) is 0 Å². The Balaban J connectivity index is 5.21. The van der Waals surface area contributed by atoms with Crippen LogP contribution in [-0.4, -0.2) is 72.9 Å². The van der Waals surface area contributed by atoms with Crippen molar-refractivity contribution in [1.82, 2.24) is 0 Å². The van der Waals surface area contributed by atoms with Crippen LogP contribution in [0.3, 0.4) is 0 Å². The molecule has 3 N–H and O–H groups in total. The summed E-state index contributed by atoms with van der Waals surface area (Å²) in [4.78, 5) is 34.4. The average molecular weight is 307 g/mol. The van der Waals surface area contributed by atoms with Crippen LogP contribution in [0.4, 0.5) is 0 Å². The Morgan fingerprint density at radius 2 is 1.80 bits per heavy atom. The molecule has 8 heteroatoms. The highest BCUT2D eigenvalue weighted by atomic mass is 32.1. The van der Waals surface area contributed by atoms with E-state index in [-0.39, 0.29) is 12.3 Å². The van der Waals surface area contributed by atoms with Crippen LogP contribution in [0, 0.1) is 5.92 Å². The van der Waals surface area contributed by atoms with Crippen LogP contribution in [0.5, 0.6) is 0 Å². The van der Waals surface area contributed by atoms with Gasteiger partial charge in [-0.3, -0.25) is 14.4 Å². The van der Waals surface area contributed by atoms with Crippen LogP contribution in [0.1, 0.15) is 6.92 Å². The predicted molar refractivity (Wildman–Crippen MR) is 76.4 cm³/mol. The number of rotatable bonds is 8. The van der Waals surface area contributed by atoms with Crippen molar-refractivity contribution in [3.8, 4) is 0 Å². The lowest BCUT2D eigenvalue weighted by Crippen LogP contribution is -2.51. The summed E-state index contributed by atoms with van der Waals surface area (Å²) in [5.41, 5.74) is 5.49. The molecular weight excluding hydrogens is 284 g/mol. The van der Waals surface area contributed by atoms with Gasteiger partial charge in [-0.2, -0.15) is 12.6 Å². The topological polar surface area (TPSA) is 107 Å². The maximum Gasteiger partial charge on any atom is 0.324 e. The normalized spacial score (nSPS) is 16.1. The number of aliphatic carboxylic acids is 1. The van der Waals surface area contributed by atoms with Crippen LogP contribution in [0.2, 0.25) is 0 Å². The number of ether oxygens (including phenoxy) is 1. The number of nitrogens with two attached hydrogens (primary N) is 1. The fourth-order valence-electron chi connectivity index (χ4n) is 1.66. The maximum absolute atomic E-state index is 11.7. The maximum atomic E-state index is 11.7. The number of thiol groups is 1. The molecule has 3 atom stereocenters. The van der Waals surface area contributed by atoms with E-state index in [1.165, 1.54) is 0 Å². The number of Topliss-reactive ketones (excluding diaryl/α,β-unsaturated/α-hetero) is 1. The largest absolute Gasteiger partial charge is 0.481 e. The van der Waals surface area contributed by atoms with Gasteiger partial charge >= 0.3 is 11.9 Å². The second-order valence-electron chi connectivity index (χ2n) is 5.66. The number of carboxylic acid groups (broad SMARTS) is 1. The standard InChI is InChI=1S/C12H22N2O5S/c1-7(15)10(11(16)17)9(5-14(2,3)4)19-12(18)8(13)6-20/h8-10H,5-6,13H2,1-4H3,(H-,16,17,20)/p+1/t8-,9?,10?/m0/s1. The molecule has 0 fully saturated rings. The Morgan fingerprint density at radius 3 is 2.10 bits per heavy atom. The van der Waals surface area contributed by atoms with Gasteiger partial charge in [0.2, 0.25) is 0 Å². The summed E-state index contributed by atoms with van der Waals surface area (Å²) in [6, 6.07) is -0.949. The van der Waals surface area contributed by atoms with E-state index in [9.17, 15) is 14.4 Å². The molecule has 0 heterocycles. The summed E-state index contributed by atoms with van der Waals surface area (Å²) in [6.07, 6.45) is -1.07. The van der Waals surface area contributed by atoms with E-state index in [1.54, 1.807) is 21.1 Å². The van der Waals surface area contributed by atoms with E-state index in [2.05, 4.69) is 12.6 Å². The van der Waals surface area contributed by atoms with Crippen LogP contribution < -0.4 is 5.73 Å². The second-order valence-corrected chi connectivity index (χ2v) is 6.03. The zero-order valence-corrected chi connectivity index (χ0v) is 13.1. The summed E-state index contributed by atoms with van der Waals surface area (Å²) >= 11 is 3.88. The fraction of sp³-hybridized carbons (Fsp3) is 0.750. The number of ketones is 1. The molecule has 0 aromatic heterocycles. The number of nitrogens with zero attached hydrogens (tertiary/aromatic N) is 1. The van der Waals surface area contributed by atoms with Crippen molar-refractivity contribution in [3.05, 3.63) is 0 Å². The van der Waals surface area contributed by atoms with Crippen molar-refractivity contribution in [2.24, 2.45) is 11.7 Å². The number of hydrogen-bond acceptors (Lipinski definition) is 6. The molecule has 116 valence electrons. The van der Waals surface area contributed by atoms with E-state index in [0.29, 0.717) is 4.48 Å². The van der Waals surface area contributed by atoms with Gasteiger partial charge in [-0.05, 0) is 6.92 Å². The number of likely N-dealkylation sites (N-methyl/N-ethyl adjacent to an activating group) is 1. The number of quaternary nitrogens is 1. The minimum absolute atomic E-state index is 0.0771. The van der Waals surface area contributed by atoms with Crippen molar-refractivity contribution in [2.75, 3.05) is 33.4 Å². The molecule has 0 aliphatic rings. The van der Waals surface area contributed by atoms with Crippen LogP contribution in [0.25, 0.3) is 0 Å². The lowest BCUT2D eigenvalue weighted by molar-refractivity contribution is -0.873. The van der Waals surface area contributed by atoms with Gasteiger partial charge in [-0.15, -0.1) is 0 Å². The fourth-order valence-corrected chi connectivity index (χ4v) is 1.81. The van der Waals surface area contributed by atoms with Gasteiger partial charge in [0.15, 0.2) is 12.0 Å². The minimum atomic E-state index is -1.40. The van der Waals surface area contributed by atoms with Gasteiger partial charge < -0.3 is 20.1 Å². The molecule has 7 nitrogen and oxygen atoms in total. The highest BCUT2D eigenvalue weighted by Crippen LogP contribution is 2.14. The lowest BCUT2D eigenvalue weighted by Gasteiger charge is -2.31. The molecule has 0 radical (unpaired) electrons. The molecule has 0 aliphatic carbocycles. The van der Waals surface area contributed by atoms with Crippen molar-refractivity contribution in [1.29, 1.82) is 0 Å². The zero-order valence-electron chi connectivity index (χ0n) is 12.2. The third-order valence-corrected chi connectivity index (χ3v) is 2.96. The smallest absolute Gasteiger partial charge is 0.324 e. The molecular formula is C12H23N2O5S+. The van der Waals surface area contributed by atoms with E-state index >= 15 is 0 Å². The monoisotopic (exact) mass is 307 g/mol. The lowest BCUT2D eigenvalue weighted by atomic mass is 9.97. The first kappa shape index (κ1) is 18.9. The second kappa shape index (κ2) is 7.61. The Morgan fingerprint density at radius 1 is 1.30 bits per heavy atom. The quantitative estimate of drug-likeness (QED) is 0.233. The minimum Gasteiger partial charge on any atom is -0.481 e. The van der Waals surface area contributed by atoms with Crippen molar-refractivity contribution >= 4 is 30.4 Å². The van der Waals surface area contributed by atoms with Gasteiger partial charge in [0, 0.05) is 5.75 Å². The first-order valence-electron chi connectivity index (χ1n) is 6.10. The summed E-state index contributed by atoms with van der Waals surface area (Å²) in [6.45, 7) is 1.34. The molecule has 0 aliphatic heterocycles. The first-order chi connectivity index (χ1) is 8.99. The van der Waals surface area contributed by atoms with Crippen molar-refractivity contribution in [3.63, 3.8) is 0 Å². The van der Waals surface area contributed by atoms with Gasteiger partial charge in [-0.25, -0.2) is 0 Å². The summed E-state index contributed by atoms with van der Waals surface area (Å²) < 4.78 is 5.47. The summed E-state index contributed by atoms with van der Waals surface area (Å²) in [5.74, 6) is -3.96.